The van der Waals surface area contributed by atoms with Crippen LogP contribution in [0.2, 0.25) is 0 Å². The minimum Gasteiger partial charge on any atom is -0.377 e. The monoisotopic (exact) mass is 1250 g/mol. The predicted octanol–water partition coefficient (Wildman–Crippen LogP) is 0.280. The van der Waals surface area contributed by atoms with E-state index in [9.17, 15) is 47.9 Å². The van der Waals surface area contributed by atoms with E-state index in [0.29, 0.717) is 36.6 Å². The van der Waals surface area contributed by atoms with Crippen molar-refractivity contribution in [2.75, 3.05) is 51.9 Å². The van der Waals surface area contributed by atoms with Gasteiger partial charge < -0.3 is 72.8 Å². The van der Waals surface area contributed by atoms with Crippen LogP contribution in [0.4, 0.5) is 4.79 Å². The molecule has 0 unspecified atom stereocenters. The van der Waals surface area contributed by atoms with Crippen molar-refractivity contribution >= 4 is 81.7 Å². The fraction of sp³-hybridized carbons (Fsp3) is 0.574. The van der Waals surface area contributed by atoms with Crippen LogP contribution in [0.25, 0.3) is 10.9 Å². The van der Waals surface area contributed by atoms with Crippen molar-refractivity contribution in [3.05, 3.63) is 83.8 Å². The fourth-order valence-electron chi connectivity index (χ4n) is 11.2. The van der Waals surface area contributed by atoms with Gasteiger partial charge in [-0.15, -0.1) is 5.10 Å². The van der Waals surface area contributed by atoms with E-state index in [1.165, 1.54) is 4.68 Å². The Hall–Kier alpha value is -7.95. The van der Waals surface area contributed by atoms with Gasteiger partial charge in [-0.1, -0.05) is 74.0 Å². The van der Waals surface area contributed by atoms with E-state index in [0.717, 1.165) is 41.5 Å². The number of Topliss-reactive ketones (excluding diaryl/α,β-unsaturated/α-hetero) is 1. The number of para-hydroxylation sites is 1. The van der Waals surface area contributed by atoms with Crippen LogP contribution < -0.4 is 54.0 Å². The van der Waals surface area contributed by atoms with E-state index >= 15 is 0 Å². The zero-order chi connectivity index (χ0) is 63.8. The number of aromatic nitrogens is 4. The summed E-state index contributed by atoms with van der Waals surface area (Å²) < 4.78 is 20.1. The molecular weight excluding hydrogens is 1170 g/mol. The first kappa shape index (κ1) is 68.5. The summed E-state index contributed by atoms with van der Waals surface area (Å²) in [4.78, 5) is 136. The van der Waals surface area contributed by atoms with Crippen molar-refractivity contribution in [3.8, 4) is 0 Å². The number of urea groups is 1. The first-order valence-electron chi connectivity index (χ1n) is 30.6. The minimum absolute atomic E-state index is 0.00533. The van der Waals surface area contributed by atoms with Crippen LogP contribution in [0.1, 0.15) is 94.9 Å². The topological polar surface area (TPSA) is 382 Å². The molecule has 5 heterocycles. The molecule has 3 aliphatic rings. The summed E-state index contributed by atoms with van der Waals surface area (Å²) in [6.45, 7) is 4.59. The van der Waals surface area contributed by atoms with Crippen LogP contribution in [0, 0.1) is 11.8 Å². The van der Waals surface area contributed by atoms with E-state index in [4.69, 9.17) is 25.7 Å². The molecule has 9 atom stereocenters. The smallest absolute Gasteiger partial charge is 0.315 e. The van der Waals surface area contributed by atoms with Gasteiger partial charge in [-0.05, 0) is 68.1 Å². The summed E-state index contributed by atoms with van der Waals surface area (Å²) in [5.41, 5.74) is 14.1. The number of hydrogen-bond acceptors (Lipinski definition) is 16. The molecule has 2 fully saturated rings. The number of carbonyl (C=O) groups is 10. The van der Waals surface area contributed by atoms with Gasteiger partial charge in [0.05, 0.1) is 63.3 Å². The molecule has 0 saturated carbocycles. The van der Waals surface area contributed by atoms with E-state index in [1.54, 1.807) is 36.5 Å². The van der Waals surface area contributed by atoms with Gasteiger partial charge in [0.15, 0.2) is 5.78 Å². The summed E-state index contributed by atoms with van der Waals surface area (Å²) in [5, 5.41) is 32.0. The standard InChI is InChI=1S/C61H86N14O13S/c1-37(2)27-44-50(76)30-39(28-38-13-5-4-6-14-38)57(81)68-45(29-40-33-74(3)49-17-8-7-15-42(40)49)58(82)66-43(56(63)80)16-11-12-21-75-34-41(72-73-75)31-46(59(83)69-47(32-52(62)77)60(84)67-44)65-54(79)35-88-26-25-87-24-23-86-22-20-64-53(78)19-10-9-18-51-55-48(36-89-51)70-61(85)71-55/h4-8,13-15,17,33-34,37,39,43-48,51,55H,9-12,16,18-32,35-36H2,1-3H3,(H2,62,77)(H2,63,80)(H,64,78)(H,65,79)(H,66,82)(H,67,84)(H,68,81)(H,69,83)(H2,70,71,85)/t39-,43-,44+,45-,46-,47+,48+,51+,55+/m0/s1. The number of ketones is 1. The Labute approximate surface area is 521 Å². The van der Waals surface area contributed by atoms with Gasteiger partial charge in [0.2, 0.25) is 47.3 Å². The molecule has 0 aliphatic carbocycles. The molecule has 10 amide bonds. The van der Waals surface area contributed by atoms with Crippen molar-refractivity contribution < 1.29 is 62.2 Å². The fourth-order valence-corrected chi connectivity index (χ4v) is 12.7. The third-order valence-corrected chi connectivity index (χ3v) is 17.2. The Kier molecular flexibility index (Phi) is 26.7. The summed E-state index contributed by atoms with van der Waals surface area (Å²) in [6.07, 6.45) is 6.11. The summed E-state index contributed by atoms with van der Waals surface area (Å²) in [5.74, 6) is -6.61. The number of nitrogens with two attached hydrogens (primary N) is 2. The van der Waals surface area contributed by atoms with E-state index in [1.807, 2.05) is 67.7 Å². The molecule has 0 spiro atoms. The highest BCUT2D eigenvalue weighted by Crippen LogP contribution is 2.33. The maximum Gasteiger partial charge on any atom is 0.315 e. The molecule has 28 heteroatoms. The molecule has 4 aromatic rings. The molecule has 2 bridgehead atoms. The number of carbonyl (C=O) groups excluding carboxylic acids is 10. The number of rotatable bonds is 26. The second kappa shape index (κ2) is 34.7. The highest BCUT2D eigenvalue weighted by Gasteiger charge is 2.43. The Balaban J connectivity index is 0.975. The number of nitrogens with zero attached hydrogens (tertiary/aromatic N) is 4. The normalized spacial score (nSPS) is 23.3. The molecular formula is C61H86N14O13S. The van der Waals surface area contributed by atoms with Gasteiger partial charge in [0.25, 0.3) is 0 Å². The van der Waals surface area contributed by atoms with Gasteiger partial charge in [-0.25, -0.2) is 4.79 Å². The number of amides is 10. The van der Waals surface area contributed by atoms with Crippen molar-refractivity contribution in [2.24, 2.45) is 30.4 Å². The van der Waals surface area contributed by atoms with Crippen LogP contribution in [-0.2, 0) is 90.2 Å². The number of fused-ring (bicyclic) bond motifs is 4. The molecule has 27 nitrogen and oxygen atoms in total. The summed E-state index contributed by atoms with van der Waals surface area (Å²) >= 11 is 1.85. The molecule has 0 radical (unpaired) electrons. The minimum atomic E-state index is -1.63. The lowest BCUT2D eigenvalue weighted by Crippen LogP contribution is -2.57. The largest absolute Gasteiger partial charge is 0.377 e. The molecule has 484 valence electrons. The maximum atomic E-state index is 14.8. The van der Waals surface area contributed by atoms with Gasteiger partial charge in [0, 0.05) is 86.0 Å². The first-order chi connectivity index (χ1) is 42.8. The zero-order valence-corrected chi connectivity index (χ0v) is 51.7. The quantitative estimate of drug-likeness (QED) is 0.0298. The maximum absolute atomic E-state index is 14.8. The second-order valence-electron chi connectivity index (χ2n) is 23.3. The van der Waals surface area contributed by atoms with Crippen LogP contribution in [0.15, 0.2) is 67.0 Å². The number of benzene rings is 2. The second-order valence-corrected chi connectivity index (χ2v) is 24.6. The molecule has 2 aromatic carbocycles. The summed E-state index contributed by atoms with van der Waals surface area (Å²) in [6, 6.07) is 10.1. The highest BCUT2D eigenvalue weighted by atomic mass is 32.2. The molecule has 2 aromatic heterocycles. The number of thioether (sulfide) groups is 1. The predicted molar refractivity (Wildman–Crippen MR) is 329 cm³/mol. The Morgan fingerprint density at radius 1 is 0.742 bits per heavy atom. The summed E-state index contributed by atoms with van der Waals surface area (Å²) in [7, 11) is 1.86. The lowest BCUT2D eigenvalue weighted by molar-refractivity contribution is -0.136. The molecule has 3 aliphatic heterocycles. The average Bonchev–Trinajstić information content (AvgIpc) is 1.98. The molecule has 89 heavy (non-hydrogen) atoms. The van der Waals surface area contributed by atoms with Crippen LogP contribution in [-0.4, -0.2) is 178 Å². The number of aryl methyl sites for hydroxylation is 2. The van der Waals surface area contributed by atoms with Crippen LogP contribution in [0.3, 0.4) is 0 Å². The van der Waals surface area contributed by atoms with Crippen molar-refractivity contribution in [3.63, 3.8) is 0 Å². The lowest BCUT2D eigenvalue weighted by atomic mass is 9.88. The van der Waals surface area contributed by atoms with Crippen molar-refractivity contribution in [1.82, 2.24) is 62.1 Å². The number of ether oxygens (including phenoxy) is 3. The molecule has 2 saturated heterocycles. The van der Waals surface area contributed by atoms with Gasteiger partial charge in [-0.2, -0.15) is 11.8 Å². The van der Waals surface area contributed by atoms with Gasteiger partial charge >= 0.3 is 6.03 Å². The third kappa shape index (κ3) is 22.0. The number of unbranched alkanes of at least 4 members (excludes halogenated alkanes) is 1. The lowest BCUT2D eigenvalue weighted by Gasteiger charge is -2.27. The Morgan fingerprint density at radius 2 is 1.45 bits per heavy atom. The van der Waals surface area contributed by atoms with Crippen molar-refractivity contribution in [2.45, 2.75) is 151 Å². The van der Waals surface area contributed by atoms with Gasteiger partial charge in [0.1, 0.15) is 30.8 Å². The van der Waals surface area contributed by atoms with Gasteiger partial charge in [-0.3, -0.25) is 47.8 Å². The number of nitrogens with one attached hydrogen (secondary N) is 8. The van der Waals surface area contributed by atoms with E-state index < -0.39 is 103 Å². The third-order valence-electron chi connectivity index (χ3n) is 15.7. The Bertz CT molecular complexity index is 3070. The molecule has 7 rings (SSSR count). The van der Waals surface area contributed by atoms with E-state index in [-0.39, 0.29) is 107 Å². The number of primary amides is 2. The highest BCUT2D eigenvalue weighted by molar-refractivity contribution is 8.00. The average molecular weight is 1260 g/mol. The van der Waals surface area contributed by atoms with Crippen LogP contribution in [0.5, 0.6) is 0 Å². The van der Waals surface area contributed by atoms with E-state index in [2.05, 4.69) is 52.8 Å². The SMILES string of the molecule is CC(C)C[C@H]1NC(=O)[C@@H](CC(N)=O)NC(=O)[C@@H](NC(=O)COCCOCCOCCNC(=O)CCCC[C@H]2SC[C@H]3NC(=O)N[C@H]32)Cc2cn(nn2)CCCC[C@@H](C(N)=O)NC(=O)[C@H](Cc2cn(C)c3ccccc23)NC(=O)[C@@H](Cc2ccccc2)CC1=O. The zero-order valence-electron chi connectivity index (χ0n) is 50.8. The Morgan fingerprint density at radius 3 is 2.20 bits per heavy atom. The number of hydrogen-bond donors (Lipinski definition) is 10. The first-order valence-corrected chi connectivity index (χ1v) is 31.6. The van der Waals surface area contributed by atoms with Crippen molar-refractivity contribution in [1.29, 1.82) is 0 Å². The molecule has 12 N–H and O–H groups in total. The van der Waals surface area contributed by atoms with Crippen LogP contribution >= 0.6 is 11.8 Å².